The van der Waals surface area contributed by atoms with Gasteiger partial charge in [-0.3, -0.25) is 4.79 Å². The molecule has 0 saturated carbocycles. The van der Waals surface area contributed by atoms with Gasteiger partial charge in [0.15, 0.2) is 0 Å². The SMILES string of the molecule is CCCCCCCCCCCCCCCC(=O)N[C@@H](CCCN)C(=O)O. The van der Waals surface area contributed by atoms with Crippen molar-refractivity contribution in [3.8, 4) is 0 Å². The average Bonchev–Trinajstić information content (AvgIpc) is 2.62. The van der Waals surface area contributed by atoms with E-state index in [0.717, 1.165) is 12.8 Å². The number of hydrogen-bond acceptors (Lipinski definition) is 3. The fourth-order valence-corrected chi connectivity index (χ4v) is 3.15. The number of carbonyl (C=O) groups is 2. The van der Waals surface area contributed by atoms with E-state index in [0.29, 0.717) is 25.8 Å². The first-order chi connectivity index (χ1) is 12.6. The molecule has 4 N–H and O–H groups in total. The second-order valence-electron chi connectivity index (χ2n) is 7.38. The van der Waals surface area contributed by atoms with E-state index in [-0.39, 0.29) is 5.91 Å². The van der Waals surface area contributed by atoms with Crippen molar-refractivity contribution in [3.63, 3.8) is 0 Å². The monoisotopic (exact) mass is 370 g/mol. The minimum Gasteiger partial charge on any atom is -0.480 e. The average molecular weight is 371 g/mol. The third kappa shape index (κ3) is 16.4. The van der Waals surface area contributed by atoms with Gasteiger partial charge >= 0.3 is 5.97 Å². The first kappa shape index (κ1) is 24.9. The van der Waals surface area contributed by atoms with Crippen molar-refractivity contribution in [2.24, 2.45) is 5.73 Å². The van der Waals surface area contributed by atoms with Crippen LogP contribution in [0.4, 0.5) is 0 Å². The Labute approximate surface area is 160 Å². The third-order valence-electron chi connectivity index (χ3n) is 4.84. The highest BCUT2D eigenvalue weighted by Gasteiger charge is 2.18. The minimum atomic E-state index is -0.975. The van der Waals surface area contributed by atoms with Gasteiger partial charge in [0.05, 0.1) is 0 Å². The van der Waals surface area contributed by atoms with E-state index >= 15 is 0 Å². The Morgan fingerprint density at radius 3 is 1.69 bits per heavy atom. The van der Waals surface area contributed by atoms with Crippen molar-refractivity contribution in [1.82, 2.24) is 5.32 Å². The molecule has 0 aliphatic rings. The van der Waals surface area contributed by atoms with Crippen molar-refractivity contribution < 1.29 is 14.7 Å². The minimum absolute atomic E-state index is 0.155. The van der Waals surface area contributed by atoms with Gasteiger partial charge in [-0.2, -0.15) is 0 Å². The van der Waals surface area contributed by atoms with E-state index in [1.54, 1.807) is 0 Å². The van der Waals surface area contributed by atoms with Gasteiger partial charge in [0, 0.05) is 6.42 Å². The Morgan fingerprint density at radius 1 is 0.808 bits per heavy atom. The van der Waals surface area contributed by atoms with Gasteiger partial charge in [-0.05, 0) is 25.8 Å². The maximum atomic E-state index is 11.8. The summed E-state index contributed by atoms with van der Waals surface area (Å²) in [5.41, 5.74) is 5.39. The highest BCUT2D eigenvalue weighted by molar-refractivity contribution is 5.83. The molecule has 0 bridgehead atoms. The van der Waals surface area contributed by atoms with Crippen molar-refractivity contribution >= 4 is 11.9 Å². The second kappa shape index (κ2) is 18.7. The summed E-state index contributed by atoms with van der Waals surface area (Å²) < 4.78 is 0. The number of nitrogens with one attached hydrogen (secondary N) is 1. The molecular formula is C21H42N2O3. The van der Waals surface area contributed by atoms with Gasteiger partial charge in [0.2, 0.25) is 5.91 Å². The first-order valence-corrected chi connectivity index (χ1v) is 10.8. The summed E-state index contributed by atoms with van der Waals surface area (Å²) in [5.74, 6) is -1.13. The lowest BCUT2D eigenvalue weighted by atomic mass is 10.0. The Hall–Kier alpha value is -1.10. The van der Waals surface area contributed by atoms with Gasteiger partial charge in [-0.15, -0.1) is 0 Å². The molecule has 0 heterocycles. The van der Waals surface area contributed by atoms with Crippen LogP contribution in [0.1, 0.15) is 110 Å². The van der Waals surface area contributed by atoms with Crippen molar-refractivity contribution in [2.45, 2.75) is 116 Å². The van der Waals surface area contributed by atoms with E-state index in [1.807, 2.05) is 0 Å². The Bertz CT molecular complexity index is 348. The largest absolute Gasteiger partial charge is 0.480 e. The molecule has 0 aromatic carbocycles. The van der Waals surface area contributed by atoms with E-state index in [4.69, 9.17) is 10.8 Å². The van der Waals surface area contributed by atoms with Gasteiger partial charge in [0.1, 0.15) is 6.04 Å². The molecule has 0 unspecified atom stereocenters. The zero-order valence-corrected chi connectivity index (χ0v) is 16.9. The number of hydrogen-bond donors (Lipinski definition) is 3. The zero-order chi connectivity index (χ0) is 19.5. The van der Waals surface area contributed by atoms with Crippen LogP contribution in [0.15, 0.2) is 0 Å². The highest BCUT2D eigenvalue weighted by Crippen LogP contribution is 2.13. The van der Waals surface area contributed by atoms with Crippen LogP contribution in [0.2, 0.25) is 0 Å². The van der Waals surface area contributed by atoms with E-state index < -0.39 is 12.0 Å². The molecule has 0 saturated heterocycles. The Morgan fingerprint density at radius 2 is 1.27 bits per heavy atom. The maximum Gasteiger partial charge on any atom is 0.326 e. The Kier molecular flexibility index (Phi) is 17.9. The lowest BCUT2D eigenvalue weighted by Crippen LogP contribution is -2.40. The Balaban J connectivity index is 3.43. The molecule has 0 aliphatic heterocycles. The smallest absolute Gasteiger partial charge is 0.326 e. The van der Waals surface area contributed by atoms with Crippen LogP contribution in [0, 0.1) is 0 Å². The lowest BCUT2D eigenvalue weighted by molar-refractivity contribution is -0.142. The van der Waals surface area contributed by atoms with E-state index in [1.165, 1.54) is 70.6 Å². The fraction of sp³-hybridized carbons (Fsp3) is 0.905. The molecule has 1 amide bonds. The molecule has 0 rings (SSSR count). The van der Waals surface area contributed by atoms with Gasteiger partial charge in [0.25, 0.3) is 0 Å². The number of carboxylic acids is 1. The predicted molar refractivity (Wildman–Crippen MR) is 108 cm³/mol. The number of nitrogens with two attached hydrogens (primary N) is 1. The summed E-state index contributed by atoms with van der Waals surface area (Å²) in [4.78, 5) is 22.9. The summed E-state index contributed by atoms with van der Waals surface area (Å²) >= 11 is 0. The lowest BCUT2D eigenvalue weighted by Gasteiger charge is -2.13. The van der Waals surface area contributed by atoms with Crippen molar-refractivity contribution in [3.05, 3.63) is 0 Å². The quantitative estimate of drug-likeness (QED) is 0.285. The summed E-state index contributed by atoms with van der Waals surface area (Å²) in [6.45, 7) is 2.70. The van der Waals surface area contributed by atoms with Crippen molar-refractivity contribution in [1.29, 1.82) is 0 Å². The molecule has 5 nitrogen and oxygen atoms in total. The van der Waals surface area contributed by atoms with Crippen LogP contribution in [0.5, 0.6) is 0 Å². The van der Waals surface area contributed by atoms with Crippen LogP contribution >= 0.6 is 0 Å². The topological polar surface area (TPSA) is 92.4 Å². The van der Waals surface area contributed by atoms with Crippen LogP contribution in [-0.4, -0.2) is 29.6 Å². The van der Waals surface area contributed by atoms with Gasteiger partial charge < -0.3 is 16.2 Å². The van der Waals surface area contributed by atoms with Crippen LogP contribution in [0.25, 0.3) is 0 Å². The third-order valence-corrected chi connectivity index (χ3v) is 4.84. The zero-order valence-electron chi connectivity index (χ0n) is 16.9. The van der Waals surface area contributed by atoms with Gasteiger partial charge in [-0.1, -0.05) is 84.0 Å². The summed E-state index contributed by atoms with van der Waals surface area (Å²) in [5, 5.41) is 11.7. The summed E-state index contributed by atoms with van der Waals surface area (Å²) in [6, 6.07) is -0.798. The number of amides is 1. The van der Waals surface area contributed by atoms with Crippen LogP contribution in [-0.2, 0) is 9.59 Å². The van der Waals surface area contributed by atoms with Crippen LogP contribution < -0.4 is 11.1 Å². The summed E-state index contributed by atoms with van der Waals surface area (Å²) in [7, 11) is 0. The molecule has 0 spiro atoms. The molecule has 26 heavy (non-hydrogen) atoms. The predicted octanol–water partition coefficient (Wildman–Crippen LogP) is 4.78. The van der Waals surface area contributed by atoms with E-state index in [9.17, 15) is 9.59 Å². The van der Waals surface area contributed by atoms with Gasteiger partial charge in [-0.25, -0.2) is 4.79 Å². The number of unbranched alkanes of at least 4 members (excludes halogenated alkanes) is 12. The molecule has 1 atom stereocenters. The molecule has 0 radical (unpaired) electrons. The molecule has 0 aromatic heterocycles. The number of carboxylic acid groups (broad SMARTS) is 1. The number of rotatable bonds is 19. The second-order valence-corrected chi connectivity index (χ2v) is 7.38. The van der Waals surface area contributed by atoms with E-state index in [2.05, 4.69) is 12.2 Å². The molecule has 5 heteroatoms. The van der Waals surface area contributed by atoms with Crippen LogP contribution in [0.3, 0.4) is 0 Å². The molecule has 0 fully saturated rings. The molecule has 0 aromatic rings. The maximum absolute atomic E-state index is 11.8. The molecule has 0 aliphatic carbocycles. The first-order valence-electron chi connectivity index (χ1n) is 10.8. The number of carbonyl (C=O) groups excluding carboxylic acids is 1. The summed E-state index contributed by atoms with van der Waals surface area (Å²) in [6.07, 6.45) is 17.9. The normalized spacial score (nSPS) is 12.1. The molecular weight excluding hydrogens is 328 g/mol. The van der Waals surface area contributed by atoms with Crippen molar-refractivity contribution in [2.75, 3.05) is 6.54 Å². The molecule has 154 valence electrons. The highest BCUT2D eigenvalue weighted by atomic mass is 16.4. The number of aliphatic carboxylic acids is 1. The standard InChI is InChI=1S/C21H42N2O3/c1-2-3-4-5-6-7-8-9-10-11-12-13-14-17-20(24)23-19(21(25)26)16-15-18-22/h19H,2-18,22H2,1H3,(H,23,24)(H,25,26)/t19-/m0/s1. The fourth-order valence-electron chi connectivity index (χ4n) is 3.15.